The van der Waals surface area contributed by atoms with Gasteiger partial charge >= 0.3 is 6.61 Å². The Morgan fingerprint density at radius 3 is 2.59 bits per heavy atom. The van der Waals surface area contributed by atoms with Crippen molar-refractivity contribution in [1.29, 1.82) is 0 Å². The van der Waals surface area contributed by atoms with Crippen molar-refractivity contribution in [2.45, 2.75) is 13.5 Å². The predicted molar refractivity (Wildman–Crippen MR) is 76.4 cm³/mol. The second-order valence-corrected chi connectivity index (χ2v) is 4.16. The Hall–Kier alpha value is -2.70. The van der Waals surface area contributed by atoms with E-state index in [1.807, 2.05) is 0 Å². The van der Waals surface area contributed by atoms with E-state index in [-0.39, 0.29) is 23.7 Å². The van der Waals surface area contributed by atoms with E-state index < -0.39 is 12.5 Å². The van der Waals surface area contributed by atoms with Gasteiger partial charge in [-0.3, -0.25) is 9.78 Å². The first kappa shape index (κ1) is 15.7. The molecule has 0 fully saturated rings. The fraction of sp³-hybridized carbons (Fsp3) is 0.200. The molecule has 1 aromatic heterocycles. The van der Waals surface area contributed by atoms with Crippen LogP contribution in [0, 0.1) is 0 Å². The summed E-state index contributed by atoms with van der Waals surface area (Å²) in [6, 6.07) is 7.29. The lowest BCUT2D eigenvalue weighted by Gasteiger charge is -2.12. The van der Waals surface area contributed by atoms with E-state index in [4.69, 9.17) is 4.74 Å². The minimum absolute atomic E-state index is 0.0881. The van der Waals surface area contributed by atoms with Gasteiger partial charge in [0.1, 0.15) is 0 Å². The van der Waals surface area contributed by atoms with Crippen molar-refractivity contribution in [3.63, 3.8) is 0 Å². The number of alkyl halides is 2. The minimum atomic E-state index is -2.96. The fourth-order valence-electron chi connectivity index (χ4n) is 1.75. The van der Waals surface area contributed by atoms with Gasteiger partial charge in [0.15, 0.2) is 11.5 Å². The van der Waals surface area contributed by atoms with Crippen molar-refractivity contribution in [2.75, 3.05) is 11.9 Å². The first-order valence-corrected chi connectivity index (χ1v) is 6.53. The molecular weight excluding hydrogens is 294 g/mol. The Morgan fingerprint density at radius 1 is 1.23 bits per heavy atom. The van der Waals surface area contributed by atoms with E-state index in [0.29, 0.717) is 5.69 Å². The highest BCUT2D eigenvalue weighted by atomic mass is 19.3. The van der Waals surface area contributed by atoms with Crippen LogP contribution in [0.2, 0.25) is 0 Å². The topological polar surface area (TPSA) is 60.5 Å². The van der Waals surface area contributed by atoms with Crippen LogP contribution < -0.4 is 14.8 Å². The van der Waals surface area contributed by atoms with Gasteiger partial charge in [0.2, 0.25) is 0 Å². The molecule has 2 rings (SSSR count). The molecule has 0 spiro atoms. The van der Waals surface area contributed by atoms with Crippen molar-refractivity contribution in [2.24, 2.45) is 0 Å². The Bertz CT molecular complexity index is 636. The van der Waals surface area contributed by atoms with Crippen LogP contribution in [0.5, 0.6) is 11.5 Å². The Labute approximate surface area is 125 Å². The van der Waals surface area contributed by atoms with Gasteiger partial charge in [-0.1, -0.05) is 0 Å². The summed E-state index contributed by atoms with van der Waals surface area (Å²) in [5.74, 6) is -0.418. The number of carbonyl (C=O) groups is 1. The normalized spacial score (nSPS) is 10.4. The number of anilines is 1. The summed E-state index contributed by atoms with van der Waals surface area (Å²) in [5, 5.41) is 2.66. The number of amides is 1. The van der Waals surface area contributed by atoms with Gasteiger partial charge in [-0.05, 0) is 37.3 Å². The smallest absolute Gasteiger partial charge is 0.387 e. The first-order valence-electron chi connectivity index (χ1n) is 6.53. The third kappa shape index (κ3) is 4.15. The molecular formula is C15H14F2N2O3. The summed E-state index contributed by atoms with van der Waals surface area (Å²) in [4.78, 5) is 16.0. The summed E-state index contributed by atoms with van der Waals surface area (Å²) in [5.41, 5.74) is 0.841. The molecule has 2 aromatic rings. The Morgan fingerprint density at radius 2 is 1.95 bits per heavy atom. The average Bonchev–Trinajstić information content (AvgIpc) is 2.49. The number of hydrogen-bond acceptors (Lipinski definition) is 4. The Balaban J connectivity index is 2.20. The number of halogens is 2. The number of benzene rings is 1. The zero-order valence-electron chi connectivity index (χ0n) is 11.8. The lowest BCUT2D eigenvalue weighted by molar-refractivity contribution is -0.0514. The molecule has 116 valence electrons. The second-order valence-electron chi connectivity index (χ2n) is 4.16. The quantitative estimate of drug-likeness (QED) is 0.889. The van der Waals surface area contributed by atoms with Crippen LogP contribution in [0.1, 0.15) is 17.3 Å². The summed E-state index contributed by atoms with van der Waals surface area (Å²) < 4.78 is 34.2. The molecule has 5 nitrogen and oxygen atoms in total. The standard InChI is InChI=1S/C15H14F2N2O3/c1-2-21-13-9-10(3-4-12(13)22-15(16)17)14(20)19-11-5-7-18-8-6-11/h3-9,15H,2H2,1H3,(H,18,19,20). The molecule has 0 radical (unpaired) electrons. The highest BCUT2D eigenvalue weighted by Crippen LogP contribution is 2.30. The number of nitrogens with one attached hydrogen (secondary N) is 1. The van der Waals surface area contributed by atoms with E-state index in [1.165, 1.54) is 18.2 Å². The van der Waals surface area contributed by atoms with Gasteiger partial charge in [0, 0.05) is 23.6 Å². The summed E-state index contributed by atoms with van der Waals surface area (Å²) in [6.07, 6.45) is 3.08. The van der Waals surface area contributed by atoms with Gasteiger partial charge < -0.3 is 14.8 Å². The first-order chi connectivity index (χ1) is 10.6. The van der Waals surface area contributed by atoms with Crippen LogP contribution in [-0.4, -0.2) is 24.1 Å². The van der Waals surface area contributed by atoms with Crippen LogP contribution >= 0.6 is 0 Å². The number of ether oxygens (including phenoxy) is 2. The van der Waals surface area contributed by atoms with Gasteiger partial charge in [-0.15, -0.1) is 0 Å². The van der Waals surface area contributed by atoms with Crippen molar-refractivity contribution in [3.05, 3.63) is 48.3 Å². The van der Waals surface area contributed by atoms with Crippen LogP contribution in [0.3, 0.4) is 0 Å². The van der Waals surface area contributed by atoms with Crippen LogP contribution in [0.4, 0.5) is 14.5 Å². The largest absolute Gasteiger partial charge is 0.490 e. The molecule has 22 heavy (non-hydrogen) atoms. The zero-order valence-corrected chi connectivity index (χ0v) is 11.8. The molecule has 0 saturated carbocycles. The molecule has 0 unspecified atom stereocenters. The van der Waals surface area contributed by atoms with Gasteiger partial charge in [0.05, 0.1) is 6.61 Å². The molecule has 0 atom stereocenters. The number of aromatic nitrogens is 1. The number of hydrogen-bond donors (Lipinski definition) is 1. The van der Waals surface area contributed by atoms with Crippen molar-refractivity contribution >= 4 is 11.6 Å². The maximum absolute atomic E-state index is 12.3. The van der Waals surface area contributed by atoms with E-state index >= 15 is 0 Å². The van der Waals surface area contributed by atoms with Crippen molar-refractivity contribution in [1.82, 2.24) is 4.98 Å². The molecule has 0 aliphatic carbocycles. The van der Waals surface area contributed by atoms with Crippen LogP contribution in [0.25, 0.3) is 0 Å². The lowest BCUT2D eigenvalue weighted by atomic mass is 10.2. The van der Waals surface area contributed by atoms with Crippen molar-refractivity contribution < 1.29 is 23.0 Å². The maximum atomic E-state index is 12.3. The van der Waals surface area contributed by atoms with E-state index in [9.17, 15) is 13.6 Å². The average molecular weight is 308 g/mol. The number of pyridine rings is 1. The van der Waals surface area contributed by atoms with Crippen molar-refractivity contribution in [3.8, 4) is 11.5 Å². The predicted octanol–water partition coefficient (Wildman–Crippen LogP) is 3.33. The maximum Gasteiger partial charge on any atom is 0.387 e. The highest BCUT2D eigenvalue weighted by Gasteiger charge is 2.14. The summed E-state index contributed by atoms with van der Waals surface area (Å²) in [7, 11) is 0. The monoisotopic (exact) mass is 308 g/mol. The van der Waals surface area contributed by atoms with E-state index in [2.05, 4.69) is 15.0 Å². The SMILES string of the molecule is CCOc1cc(C(=O)Nc2ccncc2)ccc1OC(F)F. The van der Waals surface area contributed by atoms with E-state index in [1.54, 1.807) is 31.5 Å². The third-order valence-electron chi connectivity index (χ3n) is 2.66. The second kappa shape index (κ2) is 7.35. The fourth-order valence-corrected chi connectivity index (χ4v) is 1.75. The van der Waals surface area contributed by atoms with Crippen LogP contribution in [0.15, 0.2) is 42.7 Å². The molecule has 0 aliphatic rings. The van der Waals surface area contributed by atoms with Gasteiger partial charge in [-0.25, -0.2) is 0 Å². The molecule has 0 saturated heterocycles. The van der Waals surface area contributed by atoms with Gasteiger partial charge in [-0.2, -0.15) is 8.78 Å². The number of nitrogens with zero attached hydrogens (tertiary/aromatic N) is 1. The zero-order chi connectivity index (χ0) is 15.9. The van der Waals surface area contributed by atoms with Crippen LogP contribution in [-0.2, 0) is 0 Å². The summed E-state index contributed by atoms with van der Waals surface area (Å²) >= 11 is 0. The molecule has 7 heteroatoms. The lowest BCUT2D eigenvalue weighted by Crippen LogP contribution is -2.12. The van der Waals surface area contributed by atoms with E-state index in [0.717, 1.165) is 0 Å². The highest BCUT2D eigenvalue weighted by molar-refractivity contribution is 6.04. The molecule has 1 aromatic carbocycles. The van der Waals surface area contributed by atoms with Gasteiger partial charge in [0.25, 0.3) is 5.91 Å². The third-order valence-corrected chi connectivity index (χ3v) is 2.66. The Kier molecular flexibility index (Phi) is 5.24. The number of rotatable bonds is 6. The molecule has 1 amide bonds. The molecule has 0 bridgehead atoms. The number of carbonyl (C=O) groups excluding carboxylic acids is 1. The minimum Gasteiger partial charge on any atom is -0.490 e. The summed E-state index contributed by atoms with van der Waals surface area (Å²) in [6.45, 7) is -0.999. The molecule has 0 aliphatic heterocycles. The molecule has 1 heterocycles. The molecule has 1 N–H and O–H groups in total.